The number of nitrogens with zero attached hydrogens (tertiary/aromatic N) is 3. The lowest BCUT2D eigenvalue weighted by molar-refractivity contribution is 0.683. The molecule has 0 atom stereocenters. The van der Waals surface area contributed by atoms with E-state index in [1.54, 1.807) is 48.5 Å². The van der Waals surface area contributed by atoms with Gasteiger partial charge in [0.05, 0.1) is 17.6 Å². The van der Waals surface area contributed by atoms with Crippen LogP contribution < -0.4 is 17.0 Å². The van der Waals surface area contributed by atoms with Gasteiger partial charge >= 0.3 is 5.69 Å². The standard InChI is InChI=1S/C20H15ClN4O2/c21-14-8-6-13(7-9-14)12-24-19(26)16-10-11-17(22)23-18(16)25(20(24)27)15-4-2-1-3-5-15/h1-11H,12H2,(H2,22,23). The summed E-state index contributed by atoms with van der Waals surface area (Å²) in [7, 11) is 0. The molecule has 0 saturated carbocycles. The van der Waals surface area contributed by atoms with E-state index in [9.17, 15) is 9.59 Å². The zero-order chi connectivity index (χ0) is 19.0. The highest BCUT2D eigenvalue weighted by Crippen LogP contribution is 2.14. The van der Waals surface area contributed by atoms with Crippen molar-refractivity contribution in [2.45, 2.75) is 6.54 Å². The fourth-order valence-electron chi connectivity index (χ4n) is 2.97. The van der Waals surface area contributed by atoms with Crippen LogP contribution in [0.4, 0.5) is 5.82 Å². The zero-order valence-corrected chi connectivity index (χ0v) is 14.9. The van der Waals surface area contributed by atoms with Gasteiger partial charge in [0.2, 0.25) is 0 Å². The highest BCUT2D eigenvalue weighted by atomic mass is 35.5. The van der Waals surface area contributed by atoms with E-state index in [0.29, 0.717) is 16.1 Å². The van der Waals surface area contributed by atoms with Gasteiger partial charge in [-0.3, -0.25) is 9.36 Å². The minimum atomic E-state index is -0.480. The number of nitrogens with two attached hydrogens (primary N) is 1. The van der Waals surface area contributed by atoms with Crippen molar-refractivity contribution in [3.63, 3.8) is 0 Å². The number of nitrogen functional groups attached to an aromatic ring is 1. The number of aromatic nitrogens is 3. The number of anilines is 1. The molecule has 0 saturated heterocycles. The van der Waals surface area contributed by atoms with Gasteiger partial charge in [-0.25, -0.2) is 14.3 Å². The second kappa shape index (κ2) is 6.74. The van der Waals surface area contributed by atoms with Crippen LogP contribution in [0.25, 0.3) is 16.7 Å². The minimum Gasteiger partial charge on any atom is -0.384 e. The monoisotopic (exact) mass is 378 g/mol. The molecule has 27 heavy (non-hydrogen) atoms. The number of para-hydroxylation sites is 1. The molecule has 2 aromatic heterocycles. The quantitative estimate of drug-likeness (QED) is 0.594. The molecule has 2 aromatic carbocycles. The van der Waals surface area contributed by atoms with Crippen LogP contribution in [-0.2, 0) is 6.54 Å². The van der Waals surface area contributed by atoms with E-state index in [1.165, 1.54) is 9.13 Å². The van der Waals surface area contributed by atoms with Gasteiger partial charge in [-0.2, -0.15) is 0 Å². The van der Waals surface area contributed by atoms with Crippen molar-refractivity contribution >= 4 is 28.5 Å². The molecule has 0 bridgehead atoms. The van der Waals surface area contributed by atoms with Gasteiger partial charge < -0.3 is 5.73 Å². The lowest BCUT2D eigenvalue weighted by atomic mass is 10.2. The fourth-order valence-corrected chi connectivity index (χ4v) is 3.09. The number of benzene rings is 2. The molecule has 0 unspecified atom stereocenters. The maximum Gasteiger partial charge on any atom is 0.337 e. The van der Waals surface area contributed by atoms with E-state index < -0.39 is 11.2 Å². The van der Waals surface area contributed by atoms with E-state index in [0.717, 1.165) is 5.56 Å². The SMILES string of the molecule is Nc1ccc2c(=O)n(Cc3ccc(Cl)cc3)c(=O)n(-c3ccccc3)c2n1. The molecule has 0 fully saturated rings. The Kier molecular flexibility index (Phi) is 4.25. The summed E-state index contributed by atoms with van der Waals surface area (Å²) in [5.74, 6) is 0.237. The molecule has 0 amide bonds. The molecule has 134 valence electrons. The largest absolute Gasteiger partial charge is 0.384 e. The lowest BCUT2D eigenvalue weighted by Crippen LogP contribution is -2.40. The highest BCUT2D eigenvalue weighted by molar-refractivity contribution is 6.30. The first-order chi connectivity index (χ1) is 13.0. The Bertz CT molecular complexity index is 1250. The van der Waals surface area contributed by atoms with Crippen LogP contribution in [0.5, 0.6) is 0 Å². The summed E-state index contributed by atoms with van der Waals surface area (Å²) in [6.07, 6.45) is 0. The normalized spacial score (nSPS) is 11.0. The third kappa shape index (κ3) is 3.11. The average molecular weight is 379 g/mol. The summed E-state index contributed by atoms with van der Waals surface area (Å²) in [6, 6.07) is 19.2. The molecule has 0 aliphatic heterocycles. The number of pyridine rings is 1. The van der Waals surface area contributed by atoms with Crippen LogP contribution in [-0.4, -0.2) is 14.1 Å². The number of halogens is 1. The van der Waals surface area contributed by atoms with Crippen molar-refractivity contribution in [1.29, 1.82) is 0 Å². The van der Waals surface area contributed by atoms with Gasteiger partial charge in [0.25, 0.3) is 5.56 Å². The van der Waals surface area contributed by atoms with E-state index >= 15 is 0 Å². The van der Waals surface area contributed by atoms with Gasteiger partial charge in [-0.1, -0.05) is 41.9 Å². The molecule has 7 heteroatoms. The van der Waals surface area contributed by atoms with Crippen molar-refractivity contribution in [1.82, 2.24) is 14.1 Å². The second-order valence-electron chi connectivity index (χ2n) is 6.08. The first-order valence-electron chi connectivity index (χ1n) is 8.26. The smallest absolute Gasteiger partial charge is 0.337 e. The summed E-state index contributed by atoms with van der Waals surface area (Å²) in [5.41, 5.74) is 6.55. The third-order valence-electron chi connectivity index (χ3n) is 4.27. The van der Waals surface area contributed by atoms with E-state index in [-0.39, 0.29) is 18.0 Å². The zero-order valence-electron chi connectivity index (χ0n) is 14.2. The molecular formula is C20H15ClN4O2. The second-order valence-corrected chi connectivity index (χ2v) is 6.52. The van der Waals surface area contributed by atoms with Crippen LogP contribution in [0.15, 0.2) is 76.3 Å². The van der Waals surface area contributed by atoms with Crippen LogP contribution in [0, 0.1) is 0 Å². The Balaban J connectivity index is 2.03. The minimum absolute atomic E-state index is 0.127. The summed E-state index contributed by atoms with van der Waals surface area (Å²) in [5, 5.41) is 0.910. The molecule has 4 aromatic rings. The van der Waals surface area contributed by atoms with Crippen molar-refractivity contribution in [2.24, 2.45) is 0 Å². The number of fused-ring (bicyclic) bond motifs is 1. The predicted octanol–water partition coefficient (Wildman–Crippen LogP) is 2.83. The van der Waals surface area contributed by atoms with Gasteiger partial charge in [-0.05, 0) is 42.0 Å². The van der Waals surface area contributed by atoms with Gasteiger partial charge in [0.1, 0.15) is 5.82 Å². The molecule has 6 nitrogen and oxygen atoms in total. The lowest BCUT2D eigenvalue weighted by Gasteiger charge is -2.14. The number of rotatable bonds is 3. The van der Waals surface area contributed by atoms with Crippen LogP contribution >= 0.6 is 11.6 Å². The summed E-state index contributed by atoms with van der Waals surface area (Å²) in [6.45, 7) is 0.127. The third-order valence-corrected chi connectivity index (χ3v) is 4.53. The Labute approximate surface area is 159 Å². The average Bonchev–Trinajstić information content (AvgIpc) is 2.67. The van der Waals surface area contributed by atoms with Gasteiger partial charge in [-0.15, -0.1) is 0 Å². The fraction of sp³-hybridized carbons (Fsp3) is 0.0500. The number of hydrogen-bond acceptors (Lipinski definition) is 4. The molecule has 0 aliphatic rings. The Morgan fingerprint density at radius 1 is 0.926 bits per heavy atom. The molecule has 2 N–H and O–H groups in total. The van der Waals surface area contributed by atoms with Crippen molar-refractivity contribution in [3.8, 4) is 5.69 Å². The van der Waals surface area contributed by atoms with Crippen molar-refractivity contribution in [3.05, 3.63) is 98.2 Å². The van der Waals surface area contributed by atoms with Crippen LogP contribution in [0.3, 0.4) is 0 Å². The van der Waals surface area contributed by atoms with Gasteiger partial charge in [0.15, 0.2) is 5.65 Å². The number of hydrogen-bond donors (Lipinski definition) is 1. The Morgan fingerprint density at radius 2 is 1.63 bits per heavy atom. The molecular weight excluding hydrogens is 364 g/mol. The molecule has 0 aliphatic carbocycles. The van der Waals surface area contributed by atoms with Crippen LogP contribution in [0.1, 0.15) is 5.56 Å². The maximum absolute atomic E-state index is 13.2. The molecule has 4 rings (SSSR count). The topological polar surface area (TPSA) is 82.9 Å². The summed E-state index contributed by atoms with van der Waals surface area (Å²) < 4.78 is 2.60. The first-order valence-corrected chi connectivity index (χ1v) is 8.64. The highest BCUT2D eigenvalue weighted by Gasteiger charge is 2.16. The van der Waals surface area contributed by atoms with Crippen molar-refractivity contribution < 1.29 is 0 Å². The molecule has 0 spiro atoms. The maximum atomic E-state index is 13.2. The Hall–Kier alpha value is -3.38. The van der Waals surface area contributed by atoms with Crippen molar-refractivity contribution in [2.75, 3.05) is 5.73 Å². The summed E-state index contributed by atoms with van der Waals surface area (Å²) >= 11 is 5.92. The Morgan fingerprint density at radius 3 is 2.33 bits per heavy atom. The summed E-state index contributed by atoms with van der Waals surface area (Å²) in [4.78, 5) is 30.4. The predicted molar refractivity (Wildman–Crippen MR) is 107 cm³/mol. The van der Waals surface area contributed by atoms with E-state index in [2.05, 4.69) is 4.98 Å². The molecule has 2 heterocycles. The molecule has 0 radical (unpaired) electrons. The first kappa shape index (κ1) is 17.1. The van der Waals surface area contributed by atoms with Gasteiger partial charge in [0, 0.05) is 5.02 Å². The van der Waals surface area contributed by atoms with E-state index in [4.69, 9.17) is 17.3 Å². The van der Waals surface area contributed by atoms with Crippen LogP contribution in [0.2, 0.25) is 5.02 Å². The van der Waals surface area contributed by atoms with E-state index in [1.807, 2.05) is 18.2 Å².